The molecule has 0 rings (SSSR count). The van der Waals surface area contributed by atoms with E-state index in [1.807, 2.05) is 0 Å². The maximum Gasteiger partial charge on any atom is 0.0346 e. The molecule has 14 heavy (non-hydrogen) atoms. The van der Waals surface area contributed by atoms with Crippen LogP contribution in [-0.2, 0) is 0 Å². The highest BCUT2D eigenvalue weighted by molar-refractivity contribution is 5.24. The third-order valence-electron chi connectivity index (χ3n) is 2.32. The van der Waals surface area contributed by atoms with Gasteiger partial charge in [0.2, 0.25) is 0 Å². The summed E-state index contributed by atoms with van der Waals surface area (Å²) in [5.41, 5.74) is 2.50. The quantitative estimate of drug-likeness (QED) is 0.555. The van der Waals surface area contributed by atoms with Crippen LogP contribution in [0.1, 0.15) is 46.5 Å². The number of hydrogen-bond donors (Lipinski definition) is 0. The average Bonchev–Trinajstić information content (AvgIpc) is 2.14. The van der Waals surface area contributed by atoms with Gasteiger partial charge in [-0.3, -0.25) is 0 Å². The minimum atomic E-state index is 1.14. The topological polar surface area (TPSA) is 3.24 Å². The van der Waals surface area contributed by atoms with Crippen molar-refractivity contribution in [2.75, 3.05) is 13.6 Å². The fourth-order valence-electron chi connectivity index (χ4n) is 1.45. The van der Waals surface area contributed by atoms with Gasteiger partial charge in [-0.2, -0.15) is 0 Å². The molecule has 0 radical (unpaired) electrons. The van der Waals surface area contributed by atoms with Crippen molar-refractivity contribution in [1.82, 2.24) is 4.90 Å². The number of allylic oxidation sites excluding steroid dienone is 2. The van der Waals surface area contributed by atoms with Crippen molar-refractivity contribution in [2.24, 2.45) is 0 Å². The van der Waals surface area contributed by atoms with Gasteiger partial charge < -0.3 is 4.90 Å². The van der Waals surface area contributed by atoms with Crippen LogP contribution >= 0.6 is 0 Å². The molecule has 0 aliphatic rings. The average molecular weight is 195 g/mol. The molecule has 1 heteroatoms. The van der Waals surface area contributed by atoms with Gasteiger partial charge in [-0.25, -0.2) is 0 Å². The summed E-state index contributed by atoms with van der Waals surface area (Å²) in [5.74, 6) is 0. The van der Waals surface area contributed by atoms with Crippen LogP contribution in [0, 0.1) is 0 Å². The zero-order valence-electron chi connectivity index (χ0n) is 10.3. The lowest BCUT2D eigenvalue weighted by Crippen LogP contribution is -2.19. The molecule has 1 nitrogen and oxygen atoms in total. The third kappa shape index (κ3) is 5.11. The molecular formula is C13H25N. The standard InChI is InChI=1S/C13H25N/c1-6-8-10-13(12(3)4)14(5)11-9-7-2/h10H,3,6-9,11H2,1-2,4-5H3/b13-10+. The van der Waals surface area contributed by atoms with Crippen molar-refractivity contribution in [1.29, 1.82) is 0 Å². The van der Waals surface area contributed by atoms with E-state index in [1.165, 1.54) is 30.5 Å². The number of rotatable bonds is 7. The Labute approximate surface area is 89.5 Å². The summed E-state index contributed by atoms with van der Waals surface area (Å²) in [4.78, 5) is 2.32. The molecule has 0 atom stereocenters. The first-order chi connectivity index (χ1) is 6.63. The van der Waals surface area contributed by atoms with Gasteiger partial charge in [0, 0.05) is 19.3 Å². The summed E-state index contributed by atoms with van der Waals surface area (Å²) in [6, 6.07) is 0. The SMILES string of the molecule is C=C(C)/C(=C\CCC)N(C)CCCC. The lowest BCUT2D eigenvalue weighted by atomic mass is 10.1. The maximum absolute atomic E-state index is 4.03. The predicted molar refractivity (Wildman–Crippen MR) is 65.3 cm³/mol. The van der Waals surface area contributed by atoms with Crippen LogP contribution in [0.5, 0.6) is 0 Å². The molecule has 0 amide bonds. The molecule has 0 spiro atoms. The first-order valence-electron chi connectivity index (χ1n) is 5.70. The second-order valence-electron chi connectivity index (χ2n) is 3.93. The van der Waals surface area contributed by atoms with Gasteiger partial charge in [0.05, 0.1) is 0 Å². The van der Waals surface area contributed by atoms with Crippen LogP contribution in [0.15, 0.2) is 23.9 Å². The minimum absolute atomic E-state index is 1.14. The number of unbranched alkanes of at least 4 members (excludes halogenated alkanes) is 2. The van der Waals surface area contributed by atoms with Crippen molar-refractivity contribution >= 4 is 0 Å². The van der Waals surface area contributed by atoms with Gasteiger partial charge >= 0.3 is 0 Å². The summed E-state index contributed by atoms with van der Waals surface area (Å²) < 4.78 is 0. The lowest BCUT2D eigenvalue weighted by Gasteiger charge is -2.23. The normalized spacial score (nSPS) is 11.6. The van der Waals surface area contributed by atoms with Gasteiger partial charge in [0.1, 0.15) is 0 Å². The van der Waals surface area contributed by atoms with Crippen molar-refractivity contribution in [3.8, 4) is 0 Å². The molecule has 0 bridgehead atoms. The predicted octanol–water partition coefficient (Wildman–Crippen LogP) is 3.98. The maximum atomic E-state index is 4.03. The second-order valence-corrected chi connectivity index (χ2v) is 3.93. The summed E-state index contributed by atoms with van der Waals surface area (Å²) in [7, 11) is 2.16. The molecule has 0 aliphatic carbocycles. The van der Waals surface area contributed by atoms with Crippen molar-refractivity contribution in [3.63, 3.8) is 0 Å². The molecule has 0 aromatic carbocycles. The molecule has 0 heterocycles. The van der Waals surface area contributed by atoms with Gasteiger partial charge in [-0.1, -0.05) is 39.3 Å². The minimum Gasteiger partial charge on any atom is -0.375 e. The summed E-state index contributed by atoms with van der Waals surface area (Å²) in [6.45, 7) is 11.7. The molecule has 82 valence electrons. The molecule has 0 aromatic rings. The van der Waals surface area contributed by atoms with Crippen molar-refractivity contribution < 1.29 is 0 Å². The lowest BCUT2D eigenvalue weighted by molar-refractivity contribution is 0.411. The Morgan fingerprint density at radius 1 is 1.29 bits per heavy atom. The van der Waals surface area contributed by atoms with E-state index < -0.39 is 0 Å². The zero-order valence-corrected chi connectivity index (χ0v) is 10.3. The van der Waals surface area contributed by atoms with Crippen LogP contribution in [-0.4, -0.2) is 18.5 Å². The summed E-state index contributed by atoms with van der Waals surface area (Å²) in [5, 5.41) is 0. The number of likely N-dealkylation sites (N-methyl/N-ethyl adjacent to an activating group) is 1. The van der Waals surface area contributed by atoms with E-state index in [1.54, 1.807) is 0 Å². The van der Waals surface area contributed by atoms with E-state index in [9.17, 15) is 0 Å². The fraction of sp³-hybridized carbons (Fsp3) is 0.692. The van der Waals surface area contributed by atoms with E-state index in [-0.39, 0.29) is 0 Å². The fourth-order valence-corrected chi connectivity index (χ4v) is 1.45. The Bertz CT molecular complexity index is 191. The van der Waals surface area contributed by atoms with E-state index in [2.05, 4.69) is 45.4 Å². The first kappa shape index (κ1) is 13.3. The van der Waals surface area contributed by atoms with E-state index in [4.69, 9.17) is 0 Å². The summed E-state index contributed by atoms with van der Waals surface area (Å²) >= 11 is 0. The molecule has 0 aromatic heterocycles. The largest absolute Gasteiger partial charge is 0.375 e. The smallest absolute Gasteiger partial charge is 0.0346 e. The van der Waals surface area contributed by atoms with Crippen LogP contribution in [0.3, 0.4) is 0 Å². The van der Waals surface area contributed by atoms with E-state index in [0.29, 0.717) is 0 Å². The van der Waals surface area contributed by atoms with Crippen LogP contribution in [0.4, 0.5) is 0 Å². The Hall–Kier alpha value is -0.720. The number of hydrogen-bond acceptors (Lipinski definition) is 1. The van der Waals surface area contributed by atoms with Gasteiger partial charge in [-0.15, -0.1) is 0 Å². The van der Waals surface area contributed by atoms with Crippen molar-refractivity contribution in [3.05, 3.63) is 23.9 Å². The Morgan fingerprint density at radius 3 is 2.36 bits per heavy atom. The highest BCUT2D eigenvalue weighted by Crippen LogP contribution is 2.13. The second kappa shape index (κ2) is 7.66. The molecule has 0 saturated heterocycles. The van der Waals surface area contributed by atoms with Crippen LogP contribution in [0.25, 0.3) is 0 Å². The highest BCUT2D eigenvalue weighted by atomic mass is 15.1. The van der Waals surface area contributed by atoms with Gasteiger partial charge in [0.15, 0.2) is 0 Å². The molecular weight excluding hydrogens is 170 g/mol. The molecule has 0 aliphatic heterocycles. The molecule has 0 unspecified atom stereocenters. The van der Waals surface area contributed by atoms with Crippen LogP contribution in [0.2, 0.25) is 0 Å². The Morgan fingerprint density at radius 2 is 1.93 bits per heavy atom. The molecule has 0 fully saturated rings. The Kier molecular flexibility index (Phi) is 7.27. The van der Waals surface area contributed by atoms with E-state index >= 15 is 0 Å². The summed E-state index contributed by atoms with van der Waals surface area (Å²) in [6.07, 6.45) is 7.17. The molecule has 0 saturated carbocycles. The van der Waals surface area contributed by atoms with Gasteiger partial charge in [-0.05, 0) is 25.3 Å². The van der Waals surface area contributed by atoms with Crippen LogP contribution < -0.4 is 0 Å². The zero-order chi connectivity index (χ0) is 11.0. The van der Waals surface area contributed by atoms with Crippen molar-refractivity contribution in [2.45, 2.75) is 46.5 Å². The van der Waals surface area contributed by atoms with E-state index in [0.717, 1.165) is 13.0 Å². The Balaban J connectivity index is 4.25. The molecule has 0 N–H and O–H groups in total. The first-order valence-corrected chi connectivity index (χ1v) is 5.70. The third-order valence-corrected chi connectivity index (χ3v) is 2.32. The van der Waals surface area contributed by atoms with Gasteiger partial charge in [0.25, 0.3) is 0 Å². The monoisotopic (exact) mass is 195 g/mol. The highest BCUT2D eigenvalue weighted by Gasteiger charge is 2.03. The number of nitrogens with zero attached hydrogens (tertiary/aromatic N) is 1.